The highest BCUT2D eigenvalue weighted by Crippen LogP contribution is 2.14. The number of nitrogens with one attached hydrogen (secondary N) is 2. The van der Waals surface area contributed by atoms with Crippen LogP contribution in [0.1, 0.15) is 26.0 Å². The number of methoxy groups -OCH3 is 1. The lowest BCUT2D eigenvalue weighted by Gasteiger charge is -2.11. The molecular formula is C20H31N5O2. The SMILES string of the molecule is CN=C(NCCOCCC(C)C)NCc1ccn(-c2ccc(OC)cc2)n1. The third-order valence-electron chi connectivity index (χ3n) is 4.02. The molecule has 0 aliphatic carbocycles. The highest BCUT2D eigenvalue weighted by molar-refractivity contribution is 5.79. The van der Waals surface area contributed by atoms with Gasteiger partial charge in [-0.1, -0.05) is 13.8 Å². The first-order chi connectivity index (χ1) is 13.1. The summed E-state index contributed by atoms with van der Waals surface area (Å²) in [5.74, 6) is 2.24. The van der Waals surface area contributed by atoms with Crippen LogP contribution in [0.25, 0.3) is 5.69 Å². The fraction of sp³-hybridized carbons (Fsp3) is 0.500. The second-order valence-electron chi connectivity index (χ2n) is 6.60. The van der Waals surface area contributed by atoms with Crippen LogP contribution >= 0.6 is 0 Å². The molecule has 0 spiro atoms. The van der Waals surface area contributed by atoms with Gasteiger partial charge >= 0.3 is 0 Å². The Morgan fingerprint density at radius 1 is 1.15 bits per heavy atom. The first-order valence-corrected chi connectivity index (χ1v) is 9.33. The second-order valence-corrected chi connectivity index (χ2v) is 6.60. The molecule has 148 valence electrons. The average Bonchev–Trinajstić information content (AvgIpc) is 3.15. The van der Waals surface area contributed by atoms with Gasteiger partial charge in [0.05, 0.1) is 31.6 Å². The van der Waals surface area contributed by atoms with E-state index in [-0.39, 0.29) is 0 Å². The van der Waals surface area contributed by atoms with Crippen molar-refractivity contribution in [3.05, 3.63) is 42.2 Å². The minimum absolute atomic E-state index is 0.594. The second kappa shape index (κ2) is 11.2. The van der Waals surface area contributed by atoms with E-state index < -0.39 is 0 Å². The Morgan fingerprint density at radius 3 is 2.59 bits per heavy atom. The summed E-state index contributed by atoms with van der Waals surface area (Å²) in [6.45, 7) is 7.18. The molecule has 7 nitrogen and oxygen atoms in total. The number of nitrogens with zero attached hydrogens (tertiary/aromatic N) is 3. The predicted molar refractivity (Wildman–Crippen MR) is 109 cm³/mol. The van der Waals surface area contributed by atoms with E-state index in [0.717, 1.165) is 42.7 Å². The number of guanidine groups is 1. The molecule has 0 aliphatic rings. The van der Waals surface area contributed by atoms with Crippen LogP contribution in [0.5, 0.6) is 5.75 Å². The third kappa shape index (κ3) is 7.30. The van der Waals surface area contributed by atoms with Crippen LogP contribution in [-0.2, 0) is 11.3 Å². The summed E-state index contributed by atoms with van der Waals surface area (Å²) in [6, 6.07) is 9.78. The summed E-state index contributed by atoms with van der Waals surface area (Å²) in [6.07, 6.45) is 3.03. The van der Waals surface area contributed by atoms with Gasteiger partial charge in [0.2, 0.25) is 0 Å². The Kier molecular flexibility index (Phi) is 8.64. The first kappa shape index (κ1) is 20.8. The van der Waals surface area contributed by atoms with Crippen molar-refractivity contribution in [2.24, 2.45) is 10.9 Å². The van der Waals surface area contributed by atoms with Gasteiger partial charge in [0.1, 0.15) is 5.75 Å². The zero-order valence-corrected chi connectivity index (χ0v) is 16.7. The van der Waals surface area contributed by atoms with E-state index in [1.807, 2.05) is 41.2 Å². The lowest BCUT2D eigenvalue weighted by Crippen LogP contribution is -2.38. The molecule has 1 heterocycles. The number of hydrogen-bond donors (Lipinski definition) is 2. The van der Waals surface area contributed by atoms with Crippen molar-refractivity contribution in [1.82, 2.24) is 20.4 Å². The normalized spacial score (nSPS) is 11.7. The van der Waals surface area contributed by atoms with Crippen molar-refractivity contribution in [3.8, 4) is 11.4 Å². The van der Waals surface area contributed by atoms with E-state index in [2.05, 4.69) is 34.6 Å². The molecule has 0 fully saturated rings. The number of benzene rings is 1. The van der Waals surface area contributed by atoms with Crippen LogP contribution in [-0.4, -0.2) is 49.7 Å². The van der Waals surface area contributed by atoms with Crippen molar-refractivity contribution in [3.63, 3.8) is 0 Å². The van der Waals surface area contributed by atoms with Gasteiger partial charge in [-0.3, -0.25) is 4.99 Å². The molecular weight excluding hydrogens is 342 g/mol. The van der Waals surface area contributed by atoms with Crippen molar-refractivity contribution in [2.75, 3.05) is 33.9 Å². The Hall–Kier alpha value is -2.54. The van der Waals surface area contributed by atoms with Gasteiger partial charge in [-0.15, -0.1) is 0 Å². The van der Waals surface area contributed by atoms with Gasteiger partial charge in [0, 0.05) is 26.4 Å². The quantitative estimate of drug-likeness (QED) is 0.380. The molecule has 1 aromatic carbocycles. The Labute approximate surface area is 161 Å². The Morgan fingerprint density at radius 2 is 1.93 bits per heavy atom. The van der Waals surface area contributed by atoms with Crippen LogP contribution in [0.3, 0.4) is 0 Å². The number of rotatable bonds is 10. The molecule has 0 bridgehead atoms. The molecule has 7 heteroatoms. The molecule has 0 saturated carbocycles. The molecule has 0 amide bonds. The van der Waals surface area contributed by atoms with Crippen LogP contribution in [0, 0.1) is 5.92 Å². The van der Waals surface area contributed by atoms with E-state index >= 15 is 0 Å². The topological polar surface area (TPSA) is 72.7 Å². The minimum Gasteiger partial charge on any atom is -0.497 e. The summed E-state index contributed by atoms with van der Waals surface area (Å²) in [4.78, 5) is 4.22. The van der Waals surface area contributed by atoms with Crippen LogP contribution in [0.4, 0.5) is 0 Å². The molecule has 0 aliphatic heterocycles. The van der Waals surface area contributed by atoms with Crippen molar-refractivity contribution in [1.29, 1.82) is 0 Å². The van der Waals surface area contributed by atoms with Crippen LogP contribution in [0.15, 0.2) is 41.5 Å². The predicted octanol–water partition coefficient (Wildman–Crippen LogP) is 2.61. The highest BCUT2D eigenvalue weighted by Gasteiger charge is 2.04. The van der Waals surface area contributed by atoms with E-state index in [9.17, 15) is 0 Å². The van der Waals surface area contributed by atoms with Gasteiger partial charge in [-0.2, -0.15) is 5.10 Å². The largest absolute Gasteiger partial charge is 0.497 e. The fourth-order valence-electron chi connectivity index (χ4n) is 2.39. The smallest absolute Gasteiger partial charge is 0.191 e. The summed E-state index contributed by atoms with van der Waals surface area (Å²) in [7, 11) is 3.41. The Balaban J connectivity index is 1.74. The molecule has 2 aromatic rings. The molecule has 2 rings (SSSR count). The number of ether oxygens (including phenoxy) is 2. The van der Waals surface area contributed by atoms with E-state index in [1.54, 1.807) is 14.2 Å². The maximum Gasteiger partial charge on any atom is 0.191 e. The zero-order valence-electron chi connectivity index (χ0n) is 16.7. The van der Waals surface area contributed by atoms with Crippen molar-refractivity contribution >= 4 is 5.96 Å². The molecule has 0 atom stereocenters. The zero-order chi connectivity index (χ0) is 19.5. The lowest BCUT2D eigenvalue weighted by molar-refractivity contribution is 0.128. The maximum absolute atomic E-state index is 5.60. The number of aromatic nitrogens is 2. The first-order valence-electron chi connectivity index (χ1n) is 9.33. The lowest BCUT2D eigenvalue weighted by atomic mass is 10.1. The third-order valence-corrected chi connectivity index (χ3v) is 4.02. The standard InChI is InChI=1S/C20H31N5O2/c1-16(2)10-13-27-14-11-22-20(21-3)23-15-17-9-12-25(24-17)18-5-7-19(26-4)8-6-18/h5-9,12,16H,10-11,13-15H2,1-4H3,(H2,21,22,23). The van der Waals surface area contributed by atoms with Gasteiger partial charge in [-0.25, -0.2) is 4.68 Å². The molecule has 1 aromatic heterocycles. The van der Waals surface area contributed by atoms with Crippen LogP contribution < -0.4 is 15.4 Å². The van der Waals surface area contributed by atoms with E-state index in [0.29, 0.717) is 19.1 Å². The molecule has 0 radical (unpaired) electrons. The highest BCUT2D eigenvalue weighted by atomic mass is 16.5. The average molecular weight is 374 g/mol. The van der Waals surface area contributed by atoms with Gasteiger partial charge in [-0.05, 0) is 42.7 Å². The van der Waals surface area contributed by atoms with E-state index in [1.165, 1.54) is 0 Å². The fourth-order valence-corrected chi connectivity index (χ4v) is 2.39. The summed E-state index contributed by atoms with van der Waals surface area (Å²) in [5, 5.41) is 11.1. The van der Waals surface area contributed by atoms with Crippen molar-refractivity contribution < 1.29 is 9.47 Å². The van der Waals surface area contributed by atoms with Gasteiger partial charge in [0.25, 0.3) is 0 Å². The summed E-state index contributed by atoms with van der Waals surface area (Å²) in [5.41, 5.74) is 1.92. The number of hydrogen-bond acceptors (Lipinski definition) is 4. The molecule has 27 heavy (non-hydrogen) atoms. The molecule has 0 saturated heterocycles. The number of aliphatic imine (C=N–C) groups is 1. The van der Waals surface area contributed by atoms with Crippen LogP contribution in [0.2, 0.25) is 0 Å². The molecule has 2 N–H and O–H groups in total. The Bertz CT molecular complexity index is 695. The van der Waals surface area contributed by atoms with E-state index in [4.69, 9.17) is 9.47 Å². The monoisotopic (exact) mass is 373 g/mol. The van der Waals surface area contributed by atoms with Gasteiger partial charge < -0.3 is 20.1 Å². The minimum atomic E-state index is 0.594. The summed E-state index contributed by atoms with van der Waals surface area (Å²) >= 11 is 0. The maximum atomic E-state index is 5.60. The molecule has 0 unspecified atom stereocenters. The summed E-state index contributed by atoms with van der Waals surface area (Å²) < 4.78 is 12.6. The van der Waals surface area contributed by atoms with Crippen molar-refractivity contribution in [2.45, 2.75) is 26.8 Å². The van der Waals surface area contributed by atoms with Gasteiger partial charge in [0.15, 0.2) is 5.96 Å².